The molecular formula is C18H26N4O2S. The summed E-state index contributed by atoms with van der Waals surface area (Å²) in [6, 6.07) is 2.05. The molecule has 1 unspecified atom stereocenters. The van der Waals surface area contributed by atoms with E-state index in [0.29, 0.717) is 12.0 Å². The third-order valence-corrected chi connectivity index (χ3v) is 6.38. The summed E-state index contributed by atoms with van der Waals surface area (Å²) in [7, 11) is 2.10. The molecule has 2 aliphatic rings. The van der Waals surface area contributed by atoms with E-state index in [2.05, 4.69) is 26.7 Å². The van der Waals surface area contributed by atoms with E-state index in [4.69, 9.17) is 9.15 Å². The van der Waals surface area contributed by atoms with Gasteiger partial charge >= 0.3 is 0 Å². The summed E-state index contributed by atoms with van der Waals surface area (Å²) < 4.78 is 13.1. The van der Waals surface area contributed by atoms with Crippen molar-refractivity contribution < 1.29 is 9.15 Å². The van der Waals surface area contributed by atoms with Crippen LogP contribution in [0, 0.1) is 0 Å². The number of rotatable bonds is 6. The van der Waals surface area contributed by atoms with Crippen molar-refractivity contribution in [2.24, 2.45) is 7.05 Å². The van der Waals surface area contributed by atoms with Crippen LogP contribution in [0.4, 0.5) is 0 Å². The second-order valence-corrected chi connectivity index (χ2v) is 8.01. The maximum atomic E-state index is 5.70. The lowest BCUT2D eigenvalue weighted by atomic mass is 9.96. The van der Waals surface area contributed by atoms with Crippen molar-refractivity contribution in [3.63, 3.8) is 0 Å². The van der Waals surface area contributed by atoms with Crippen molar-refractivity contribution in [3.8, 4) is 0 Å². The van der Waals surface area contributed by atoms with E-state index in [1.165, 1.54) is 18.4 Å². The van der Waals surface area contributed by atoms with Crippen LogP contribution in [-0.2, 0) is 18.3 Å². The van der Waals surface area contributed by atoms with Crippen molar-refractivity contribution in [1.29, 1.82) is 0 Å². The fourth-order valence-corrected chi connectivity index (χ4v) is 4.72. The summed E-state index contributed by atoms with van der Waals surface area (Å²) in [4.78, 5) is 2.49. The van der Waals surface area contributed by atoms with Crippen molar-refractivity contribution in [3.05, 3.63) is 30.0 Å². The molecule has 6 nitrogen and oxygen atoms in total. The van der Waals surface area contributed by atoms with Gasteiger partial charge in [-0.1, -0.05) is 11.8 Å². The fourth-order valence-electron chi connectivity index (χ4n) is 3.74. The smallest absolute Gasteiger partial charge is 0.191 e. The lowest BCUT2D eigenvalue weighted by molar-refractivity contribution is 0.129. The van der Waals surface area contributed by atoms with E-state index >= 15 is 0 Å². The van der Waals surface area contributed by atoms with Gasteiger partial charge in [-0.2, -0.15) is 0 Å². The van der Waals surface area contributed by atoms with Gasteiger partial charge in [0.25, 0.3) is 0 Å². The van der Waals surface area contributed by atoms with Crippen molar-refractivity contribution in [2.45, 2.75) is 49.4 Å². The van der Waals surface area contributed by atoms with Crippen molar-refractivity contribution in [2.75, 3.05) is 25.4 Å². The average Bonchev–Trinajstić information content (AvgIpc) is 3.37. The normalized spacial score (nSPS) is 22.7. The van der Waals surface area contributed by atoms with Crippen LogP contribution in [0.1, 0.15) is 43.0 Å². The van der Waals surface area contributed by atoms with Gasteiger partial charge in [-0.3, -0.25) is 4.90 Å². The van der Waals surface area contributed by atoms with Crippen LogP contribution in [0.3, 0.4) is 0 Å². The molecule has 1 atom stereocenters. The minimum Gasteiger partial charge on any atom is -0.472 e. The highest BCUT2D eigenvalue weighted by Gasteiger charge is 2.26. The molecule has 7 heteroatoms. The predicted octanol–water partition coefficient (Wildman–Crippen LogP) is 3.06. The van der Waals surface area contributed by atoms with Gasteiger partial charge < -0.3 is 13.7 Å². The summed E-state index contributed by atoms with van der Waals surface area (Å²) in [5, 5.41) is 9.95. The van der Waals surface area contributed by atoms with E-state index in [0.717, 1.165) is 55.8 Å². The summed E-state index contributed by atoms with van der Waals surface area (Å²) in [6.45, 7) is 4.08. The van der Waals surface area contributed by atoms with E-state index < -0.39 is 0 Å². The number of thioether (sulfide) groups is 1. The Labute approximate surface area is 152 Å². The zero-order chi connectivity index (χ0) is 17.1. The summed E-state index contributed by atoms with van der Waals surface area (Å²) in [5.74, 6) is 2.63. The Morgan fingerprint density at radius 2 is 2.12 bits per heavy atom. The summed E-state index contributed by atoms with van der Waals surface area (Å²) >= 11 is 1.78. The molecular weight excluding hydrogens is 336 g/mol. The maximum Gasteiger partial charge on any atom is 0.191 e. The molecule has 4 heterocycles. The molecule has 136 valence electrons. The van der Waals surface area contributed by atoms with Crippen LogP contribution in [0.25, 0.3) is 0 Å². The number of ether oxygens (including phenoxy) is 1. The highest BCUT2D eigenvalue weighted by atomic mass is 32.2. The molecule has 2 saturated heterocycles. The predicted molar refractivity (Wildman–Crippen MR) is 96.7 cm³/mol. The molecule has 0 bridgehead atoms. The number of nitrogens with zero attached hydrogens (tertiary/aromatic N) is 4. The largest absolute Gasteiger partial charge is 0.472 e. The third kappa shape index (κ3) is 4.10. The number of likely N-dealkylation sites (tertiary alicyclic amines) is 1. The summed E-state index contributed by atoms with van der Waals surface area (Å²) in [6.07, 6.45) is 8.61. The number of aromatic nitrogens is 3. The van der Waals surface area contributed by atoms with Crippen molar-refractivity contribution in [1.82, 2.24) is 19.7 Å². The van der Waals surface area contributed by atoms with Crippen LogP contribution in [0.5, 0.6) is 0 Å². The molecule has 25 heavy (non-hydrogen) atoms. The third-order valence-electron chi connectivity index (χ3n) is 5.23. The number of piperidine rings is 1. The molecule has 0 amide bonds. The molecule has 0 saturated carbocycles. The Morgan fingerprint density at radius 1 is 1.24 bits per heavy atom. The highest BCUT2D eigenvalue weighted by molar-refractivity contribution is 7.99. The van der Waals surface area contributed by atoms with Gasteiger partial charge in [0, 0.05) is 37.4 Å². The number of hydrogen-bond acceptors (Lipinski definition) is 6. The summed E-state index contributed by atoms with van der Waals surface area (Å²) in [5.41, 5.74) is 1.25. The molecule has 4 rings (SSSR count). The molecule has 0 aromatic carbocycles. The molecule has 2 aliphatic heterocycles. The zero-order valence-electron chi connectivity index (χ0n) is 14.8. The molecule has 2 fully saturated rings. The average molecular weight is 362 g/mol. The van der Waals surface area contributed by atoms with E-state index in [1.807, 2.05) is 12.3 Å². The SMILES string of the molecule is Cn1c(SCC2CCCO2)nnc1C1CCN(Cc2ccoc2)CC1. The van der Waals surface area contributed by atoms with E-state index in [-0.39, 0.29) is 0 Å². The lowest BCUT2D eigenvalue weighted by Gasteiger charge is -2.31. The van der Waals surface area contributed by atoms with Crippen LogP contribution in [0.2, 0.25) is 0 Å². The molecule has 0 radical (unpaired) electrons. The Balaban J connectivity index is 1.30. The van der Waals surface area contributed by atoms with Crippen molar-refractivity contribution >= 4 is 11.8 Å². The van der Waals surface area contributed by atoms with Gasteiger partial charge in [-0.15, -0.1) is 10.2 Å². The van der Waals surface area contributed by atoms with Gasteiger partial charge in [-0.25, -0.2) is 0 Å². The molecule has 0 aliphatic carbocycles. The minimum atomic E-state index is 0.385. The Kier molecular flexibility index (Phi) is 5.43. The number of hydrogen-bond donors (Lipinski definition) is 0. The van der Waals surface area contributed by atoms with Crippen LogP contribution in [-0.4, -0.2) is 51.2 Å². The lowest BCUT2D eigenvalue weighted by Crippen LogP contribution is -2.33. The van der Waals surface area contributed by atoms with Gasteiger partial charge in [0.15, 0.2) is 5.16 Å². The second-order valence-electron chi connectivity index (χ2n) is 7.03. The first-order valence-corrected chi connectivity index (χ1v) is 10.2. The maximum absolute atomic E-state index is 5.70. The fraction of sp³-hybridized carbons (Fsp3) is 0.667. The first kappa shape index (κ1) is 17.1. The van der Waals surface area contributed by atoms with Gasteiger partial charge in [-0.05, 0) is 44.8 Å². The quantitative estimate of drug-likeness (QED) is 0.736. The first-order chi connectivity index (χ1) is 12.3. The van der Waals surface area contributed by atoms with E-state index in [1.54, 1.807) is 18.0 Å². The van der Waals surface area contributed by atoms with E-state index in [9.17, 15) is 0 Å². The van der Waals surface area contributed by atoms with Gasteiger partial charge in [0.2, 0.25) is 0 Å². The van der Waals surface area contributed by atoms with Crippen LogP contribution >= 0.6 is 11.8 Å². The van der Waals surface area contributed by atoms with Crippen LogP contribution in [0.15, 0.2) is 28.2 Å². The number of furan rings is 1. The molecule has 2 aromatic heterocycles. The highest BCUT2D eigenvalue weighted by Crippen LogP contribution is 2.30. The topological polar surface area (TPSA) is 56.3 Å². The molecule has 2 aromatic rings. The van der Waals surface area contributed by atoms with Gasteiger partial charge in [0.05, 0.1) is 18.6 Å². The monoisotopic (exact) mass is 362 g/mol. The Hall–Kier alpha value is -1.31. The minimum absolute atomic E-state index is 0.385. The Morgan fingerprint density at radius 3 is 2.84 bits per heavy atom. The molecule has 0 N–H and O–H groups in total. The molecule has 0 spiro atoms. The van der Waals surface area contributed by atoms with Crippen LogP contribution < -0.4 is 0 Å². The van der Waals surface area contributed by atoms with Gasteiger partial charge in [0.1, 0.15) is 5.82 Å². The second kappa shape index (κ2) is 7.93. The standard InChI is InChI=1S/C18H26N4O2S/c1-21-17(19-20-18(21)25-13-16-3-2-9-24-16)15-4-7-22(8-5-15)11-14-6-10-23-12-14/h6,10,12,15-16H,2-5,7-9,11,13H2,1H3. The Bertz CT molecular complexity index is 659. The zero-order valence-corrected chi connectivity index (χ0v) is 15.6. The first-order valence-electron chi connectivity index (χ1n) is 9.16.